The van der Waals surface area contributed by atoms with Gasteiger partial charge in [0, 0.05) is 24.7 Å². The number of para-hydroxylation sites is 1. The number of fused-ring (bicyclic) bond motifs is 1. The molecule has 1 heterocycles. The quantitative estimate of drug-likeness (QED) is 0.281. The largest absolute Gasteiger partial charge is 0.385 e. The van der Waals surface area contributed by atoms with Crippen LogP contribution in [-0.4, -0.2) is 34.9 Å². The van der Waals surface area contributed by atoms with E-state index in [9.17, 15) is 9.59 Å². The van der Waals surface area contributed by atoms with E-state index < -0.39 is 0 Å². The van der Waals surface area contributed by atoms with E-state index in [2.05, 4.69) is 26.2 Å². The smallest absolute Gasteiger partial charge is 0.262 e. The summed E-state index contributed by atoms with van der Waals surface area (Å²) in [6, 6.07) is 12.4. The number of methoxy groups -OCH3 is 1. The number of halogens is 2. The number of thioether (sulfide) groups is 1. The number of carbonyl (C=O) groups excluding carboxylic acids is 1. The average Bonchev–Trinajstić information content (AvgIpc) is 2.70. The van der Waals surface area contributed by atoms with E-state index in [1.165, 1.54) is 11.8 Å². The normalized spacial score (nSPS) is 11.0. The maximum absolute atomic E-state index is 12.9. The molecule has 0 saturated carbocycles. The van der Waals surface area contributed by atoms with E-state index in [4.69, 9.17) is 16.3 Å². The highest BCUT2D eigenvalue weighted by molar-refractivity contribution is 9.10. The van der Waals surface area contributed by atoms with E-state index in [-0.39, 0.29) is 17.2 Å². The van der Waals surface area contributed by atoms with Crippen LogP contribution in [0.5, 0.6) is 0 Å². The predicted molar refractivity (Wildman–Crippen MR) is 121 cm³/mol. The van der Waals surface area contributed by atoms with Crippen LogP contribution in [-0.2, 0) is 16.1 Å². The Morgan fingerprint density at radius 3 is 2.86 bits per heavy atom. The van der Waals surface area contributed by atoms with Gasteiger partial charge in [-0.2, -0.15) is 0 Å². The Hall–Kier alpha value is -1.87. The summed E-state index contributed by atoms with van der Waals surface area (Å²) >= 11 is 10.7. The Balaban J connectivity index is 1.79. The van der Waals surface area contributed by atoms with E-state index in [1.54, 1.807) is 42.0 Å². The predicted octanol–water partition coefficient (Wildman–Crippen LogP) is 4.58. The fourth-order valence-corrected chi connectivity index (χ4v) is 4.28. The van der Waals surface area contributed by atoms with Crippen LogP contribution in [0.4, 0.5) is 5.69 Å². The van der Waals surface area contributed by atoms with Gasteiger partial charge in [0.05, 0.1) is 27.4 Å². The molecular weight excluding hydrogens is 478 g/mol. The summed E-state index contributed by atoms with van der Waals surface area (Å²) in [6.07, 6.45) is 0.671. The molecule has 0 atom stereocenters. The third-order valence-corrected chi connectivity index (χ3v) is 5.88. The van der Waals surface area contributed by atoms with Crippen molar-refractivity contribution in [3.63, 3.8) is 0 Å². The molecule has 0 saturated heterocycles. The number of nitrogens with zero attached hydrogens (tertiary/aromatic N) is 2. The first-order valence-electron chi connectivity index (χ1n) is 8.86. The fraction of sp³-hybridized carbons (Fsp3) is 0.250. The van der Waals surface area contributed by atoms with Crippen molar-refractivity contribution in [2.75, 3.05) is 24.8 Å². The summed E-state index contributed by atoms with van der Waals surface area (Å²) in [7, 11) is 1.62. The fourth-order valence-electron chi connectivity index (χ4n) is 2.73. The molecule has 1 amide bonds. The van der Waals surface area contributed by atoms with Gasteiger partial charge in [-0.25, -0.2) is 4.98 Å². The zero-order valence-electron chi connectivity index (χ0n) is 15.7. The molecule has 0 aliphatic heterocycles. The Labute approximate surface area is 185 Å². The Morgan fingerprint density at radius 2 is 2.10 bits per heavy atom. The molecule has 0 aliphatic rings. The van der Waals surface area contributed by atoms with Crippen molar-refractivity contribution in [1.82, 2.24) is 9.55 Å². The highest BCUT2D eigenvalue weighted by atomic mass is 79.9. The van der Waals surface area contributed by atoms with Crippen LogP contribution in [0.15, 0.2) is 56.9 Å². The lowest BCUT2D eigenvalue weighted by atomic mass is 10.2. The summed E-state index contributed by atoms with van der Waals surface area (Å²) in [6.45, 7) is 0.999. The van der Waals surface area contributed by atoms with Crippen LogP contribution in [0.25, 0.3) is 10.9 Å². The highest BCUT2D eigenvalue weighted by Gasteiger charge is 2.14. The van der Waals surface area contributed by atoms with Crippen LogP contribution in [0.2, 0.25) is 5.02 Å². The zero-order valence-corrected chi connectivity index (χ0v) is 18.8. The number of benzene rings is 2. The molecule has 29 heavy (non-hydrogen) atoms. The number of aromatic nitrogens is 2. The minimum Gasteiger partial charge on any atom is -0.385 e. The summed E-state index contributed by atoms with van der Waals surface area (Å²) in [4.78, 5) is 29.9. The summed E-state index contributed by atoms with van der Waals surface area (Å²) in [5.41, 5.74) is 1.02. The van der Waals surface area contributed by atoms with E-state index >= 15 is 0 Å². The summed E-state index contributed by atoms with van der Waals surface area (Å²) in [5, 5.41) is 4.28. The van der Waals surface area contributed by atoms with Gasteiger partial charge in [-0.3, -0.25) is 14.2 Å². The SMILES string of the molecule is COCCCn1c(SCC(=O)Nc2ccc(Br)cc2Cl)nc2ccccc2c1=O. The van der Waals surface area contributed by atoms with Crippen LogP contribution in [0, 0.1) is 0 Å². The lowest BCUT2D eigenvalue weighted by molar-refractivity contribution is -0.113. The lowest BCUT2D eigenvalue weighted by Gasteiger charge is -2.13. The number of ether oxygens (including phenoxy) is 1. The van der Waals surface area contributed by atoms with Crippen LogP contribution in [0.3, 0.4) is 0 Å². The Kier molecular flexibility index (Phi) is 7.71. The van der Waals surface area contributed by atoms with Gasteiger partial charge in [-0.15, -0.1) is 0 Å². The molecule has 152 valence electrons. The number of hydrogen-bond acceptors (Lipinski definition) is 5. The maximum Gasteiger partial charge on any atom is 0.262 e. The minimum absolute atomic E-state index is 0.0987. The first-order chi connectivity index (χ1) is 14.0. The van der Waals surface area contributed by atoms with E-state index in [1.807, 2.05) is 12.1 Å². The summed E-state index contributed by atoms with van der Waals surface area (Å²) < 4.78 is 7.52. The zero-order chi connectivity index (χ0) is 20.8. The standard InChI is InChI=1S/C20H19BrClN3O3S/c1-28-10-4-9-25-19(27)14-5-2-3-6-16(14)24-20(25)29-12-18(26)23-17-8-7-13(21)11-15(17)22/h2-3,5-8,11H,4,9-10,12H2,1H3,(H,23,26). The van der Waals surface area contributed by atoms with Crippen LogP contribution >= 0.6 is 39.3 Å². The molecule has 3 aromatic rings. The molecule has 6 nitrogen and oxygen atoms in total. The van der Waals surface area contributed by atoms with Gasteiger partial charge in [0.2, 0.25) is 5.91 Å². The van der Waals surface area contributed by atoms with Crippen molar-refractivity contribution in [2.24, 2.45) is 0 Å². The van der Waals surface area contributed by atoms with E-state index in [0.717, 1.165) is 4.47 Å². The van der Waals surface area contributed by atoms with Gasteiger partial charge < -0.3 is 10.1 Å². The average molecular weight is 497 g/mol. The molecule has 0 unspecified atom stereocenters. The molecular formula is C20H19BrClN3O3S. The Bertz CT molecular complexity index is 1090. The maximum atomic E-state index is 12.9. The van der Waals surface area contributed by atoms with Gasteiger partial charge in [0.25, 0.3) is 5.56 Å². The van der Waals surface area contributed by atoms with Crippen molar-refractivity contribution >= 4 is 61.8 Å². The van der Waals surface area contributed by atoms with Crippen molar-refractivity contribution in [1.29, 1.82) is 0 Å². The molecule has 0 fully saturated rings. The number of carbonyl (C=O) groups is 1. The topological polar surface area (TPSA) is 73.2 Å². The minimum atomic E-state index is -0.231. The monoisotopic (exact) mass is 495 g/mol. The van der Waals surface area contributed by atoms with Gasteiger partial charge in [-0.1, -0.05) is 51.4 Å². The number of hydrogen-bond donors (Lipinski definition) is 1. The molecule has 1 N–H and O–H groups in total. The Morgan fingerprint density at radius 1 is 1.31 bits per heavy atom. The van der Waals surface area contributed by atoms with Crippen LogP contribution < -0.4 is 10.9 Å². The van der Waals surface area contributed by atoms with Gasteiger partial charge in [-0.05, 0) is 36.8 Å². The number of rotatable bonds is 8. The first kappa shape index (κ1) is 21.8. The third-order valence-electron chi connectivity index (χ3n) is 4.09. The van der Waals surface area contributed by atoms with Gasteiger partial charge in [0.15, 0.2) is 5.16 Å². The molecule has 9 heteroatoms. The molecule has 0 spiro atoms. The molecule has 1 aromatic heterocycles. The number of anilines is 1. The van der Waals surface area contributed by atoms with Crippen molar-refractivity contribution < 1.29 is 9.53 Å². The second-order valence-corrected chi connectivity index (χ2v) is 8.44. The van der Waals surface area contributed by atoms with E-state index in [0.29, 0.717) is 46.3 Å². The molecule has 0 radical (unpaired) electrons. The lowest BCUT2D eigenvalue weighted by Crippen LogP contribution is -2.25. The van der Waals surface area contributed by atoms with Crippen LogP contribution in [0.1, 0.15) is 6.42 Å². The summed E-state index contributed by atoms with van der Waals surface area (Å²) in [5.74, 6) is -0.133. The second-order valence-electron chi connectivity index (χ2n) is 6.18. The van der Waals surface area contributed by atoms with Crippen molar-refractivity contribution in [2.45, 2.75) is 18.1 Å². The number of nitrogens with one attached hydrogen (secondary N) is 1. The molecule has 3 rings (SSSR count). The molecule has 2 aromatic carbocycles. The molecule has 0 aliphatic carbocycles. The second kappa shape index (κ2) is 10.2. The van der Waals surface area contributed by atoms with Crippen molar-refractivity contribution in [3.8, 4) is 0 Å². The van der Waals surface area contributed by atoms with Gasteiger partial charge in [0.1, 0.15) is 0 Å². The highest BCUT2D eigenvalue weighted by Crippen LogP contribution is 2.26. The first-order valence-corrected chi connectivity index (χ1v) is 11.0. The molecule has 0 bridgehead atoms. The van der Waals surface area contributed by atoms with Crippen molar-refractivity contribution in [3.05, 3.63) is 62.3 Å². The van der Waals surface area contributed by atoms with Gasteiger partial charge >= 0.3 is 0 Å². The number of amides is 1. The third kappa shape index (κ3) is 5.60.